The molecule has 2 aromatic heterocycles. The van der Waals surface area contributed by atoms with Crippen molar-refractivity contribution < 1.29 is 36.9 Å². The number of aliphatic hydroxyl groups is 1. The number of hydrogen-bond donors (Lipinski definition) is 2. The minimum Gasteiger partial charge on any atom is -0.508 e. The van der Waals surface area contributed by atoms with Crippen LogP contribution in [-0.2, 0) is 0 Å². The zero-order valence-corrected chi connectivity index (χ0v) is 24.6. The number of phenolic OH excluding ortho intramolecular Hbond substituents is 1. The third-order valence-electron chi connectivity index (χ3n) is 9.53. The molecular formula is C33H30F5N5O3. The van der Waals surface area contributed by atoms with Gasteiger partial charge in [0.25, 0.3) is 6.43 Å². The summed E-state index contributed by atoms with van der Waals surface area (Å²) in [5.74, 6) is 0.386. The minimum atomic E-state index is -3.03. The van der Waals surface area contributed by atoms with Crippen LogP contribution in [0, 0.1) is 24.0 Å². The largest absolute Gasteiger partial charge is 0.508 e. The van der Waals surface area contributed by atoms with Crippen molar-refractivity contribution in [1.29, 1.82) is 0 Å². The van der Waals surface area contributed by atoms with Crippen molar-refractivity contribution in [2.24, 2.45) is 0 Å². The molecule has 240 valence electrons. The van der Waals surface area contributed by atoms with E-state index in [1.54, 1.807) is 0 Å². The molecule has 4 aromatic rings. The molecule has 0 spiro atoms. The molecule has 13 heteroatoms. The van der Waals surface area contributed by atoms with Crippen LogP contribution in [-0.4, -0.2) is 86.6 Å². The third kappa shape index (κ3) is 4.95. The van der Waals surface area contributed by atoms with E-state index in [2.05, 4.69) is 20.9 Å². The van der Waals surface area contributed by atoms with Gasteiger partial charge in [-0.3, -0.25) is 9.88 Å². The number of pyridine rings is 1. The van der Waals surface area contributed by atoms with Crippen LogP contribution in [0.25, 0.3) is 32.9 Å². The van der Waals surface area contributed by atoms with Gasteiger partial charge in [-0.15, -0.1) is 6.42 Å². The van der Waals surface area contributed by atoms with E-state index in [1.807, 2.05) is 4.90 Å². The Bertz CT molecular complexity index is 1900. The lowest BCUT2D eigenvalue weighted by Gasteiger charge is -2.39. The highest BCUT2D eigenvalue weighted by Crippen LogP contribution is 2.42. The highest BCUT2D eigenvalue weighted by molar-refractivity contribution is 6.03. The van der Waals surface area contributed by atoms with E-state index in [0.29, 0.717) is 11.8 Å². The van der Waals surface area contributed by atoms with Gasteiger partial charge in [0.05, 0.1) is 23.0 Å². The summed E-state index contributed by atoms with van der Waals surface area (Å²) in [6, 6.07) is 4.87. The second-order valence-electron chi connectivity index (χ2n) is 12.5. The van der Waals surface area contributed by atoms with Crippen molar-refractivity contribution in [2.75, 3.05) is 37.7 Å². The molecule has 3 saturated heterocycles. The number of aromatic hydroxyl groups is 1. The van der Waals surface area contributed by atoms with Gasteiger partial charge in [-0.1, -0.05) is 12.0 Å². The first kappa shape index (κ1) is 30.4. The molecule has 2 N–H and O–H groups in total. The number of halogens is 5. The maximum Gasteiger partial charge on any atom is 0.319 e. The Morgan fingerprint density at radius 1 is 1.13 bits per heavy atom. The number of anilines is 1. The Morgan fingerprint density at radius 3 is 2.72 bits per heavy atom. The van der Waals surface area contributed by atoms with Gasteiger partial charge in [-0.2, -0.15) is 9.97 Å². The molecule has 0 saturated carbocycles. The Balaban J connectivity index is 1.39. The van der Waals surface area contributed by atoms with Crippen molar-refractivity contribution in [3.8, 4) is 35.4 Å². The normalized spacial score (nSPS) is 25.0. The fraction of sp³-hybridized carbons (Fsp3) is 0.424. The van der Waals surface area contributed by atoms with Crippen LogP contribution in [0.5, 0.6) is 11.8 Å². The quantitative estimate of drug-likeness (QED) is 0.215. The van der Waals surface area contributed by atoms with Crippen LogP contribution in [0.4, 0.5) is 27.8 Å². The lowest BCUT2D eigenvalue weighted by Crippen LogP contribution is -2.53. The number of terminal acetylenes is 1. The Hall–Kier alpha value is -4.28. The van der Waals surface area contributed by atoms with Crippen LogP contribution in [0.15, 0.2) is 30.5 Å². The summed E-state index contributed by atoms with van der Waals surface area (Å²) in [4.78, 5) is 16.6. The third-order valence-corrected chi connectivity index (χ3v) is 9.53. The smallest absolute Gasteiger partial charge is 0.319 e. The van der Waals surface area contributed by atoms with Crippen LogP contribution < -0.4 is 9.64 Å². The van der Waals surface area contributed by atoms with Gasteiger partial charge >= 0.3 is 6.01 Å². The number of hydrogen-bond acceptors (Lipinski definition) is 8. The summed E-state index contributed by atoms with van der Waals surface area (Å²) in [7, 11) is 0. The predicted octanol–water partition coefficient (Wildman–Crippen LogP) is 5.36. The molecule has 3 atom stereocenters. The lowest BCUT2D eigenvalue weighted by atomic mass is 9.93. The minimum absolute atomic E-state index is 0.00922. The zero-order chi connectivity index (χ0) is 32.4. The topological polar surface area (TPSA) is 94.8 Å². The summed E-state index contributed by atoms with van der Waals surface area (Å²) >= 11 is 0. The summed E-state index contributed by atoms with van der Waals surface area (Å²) in [6.07, 6.45) is 4.73. The summed E-state index contributed by atoms with van der Waals surface area (Å²) in [5, 5.41) is 21.7. The van der Waals surface area contributed by atoms with E-state index in [-0.39, 0.29) is 89.6 Å². The van der Waals surface area contributed by atoms with Crippen LogP contribution in [0.2, 0.25) is 0 Å². The van der Waals surface area contributed by atoms with E-state index in [0.717, 1.165) is 19.0 Å². The van der Waals surface area contributed by atoms with Crippen molar-refractivity contribution in [2.45, 2.75) is 55.8 Å². The molecule has 0 bridgehead atoms. The molecule has 46 heavy (non-hydrogen) atoms. The first-order chi connectivity index (χ1) is 22.0. The molecule has 0 radical (unpaired) electrons. The second-order valence-corrected chi connectivity index (χ2v) is 12.5. The van der Waals surface area contributed by atoms with E-state index in [1.165, 1.54) is 29.3 Å². The Morgan fingerprint density at radius 2 is 1.93 bits per heavy atom. The van der Waals surface area contributed by atoms with E-state index in [4.69, 9.17) is 11.2 Å². The summed E-state index contributed by atoms with van der Waals surface area (Å²) in [6.45, 7) is 0.779. The van der Waals surface area contributed by atoms with E-state index < -0.39 is 41.9 Å². The molecule has 0 aliphatic carbocycles. The van der Waals surface area contributed by atoms with Crippen LogP contribution >= 0.6 is 0 Å². The van der Waals surface area contributed by atoms with Gasteiger partial charge in [-0.05, 0) is 55.8 Å². The van der Waals surface area contributed by atoms with Gasteiger partial charge in [0.15, 0.2) is 5.82 Å². The molecular weight excluding hydrogens is 609 g/mol. The number of benzene rings is 2. The highest BCUT2D eigenvalue weighted by atomic mass is 19.3. The monoisotopic (exact) mass is 639 g/mol. The molecule has 2 aromatic carbocycles. The number of alkyl halides is 3. The lowest BCUT2D eigenvalue weighted by molar-refractivity contribution is -0.102. The van der Waals surface area contributed by atoms with E-state index >= 15 is 4.39 Å². The van der Waals surface area contributed by atoms with E-state index in [9.17, 15) is 27.8 Å². The van der Waals surface area contributed by atoms with Gasteiger partial charge in [0.2, 0.25) is 0 Å². The van der Waals surface area contributed by atoms with Crippen molar-refractivity contribution in [3.63, 3.8) is 0 Å². The number of ether oxygens (including phenoxy) is 1. The van der Waals surface area contributed by atoms with Crippen LogP contribution in [0.3, 0.4) is 0 Å². The standard InChI is InChI=1S/C33H30F5N5O3/c1-2-21-24(35)6-5-18-11-20(44)12-22(25(18)21)27-26(36)28-23(14-39-27)29(42-9-4-8-33(45,16-42)30(37)38)41-31(40-28)46-17-32-7-3-10-43(32)15-19(34)13-32/h1,5-6,11-12,14,19,30,44-45H,3-4,7-10,13,15-17H2/t19-,32+,33?/m1/s1. The van der Waals surface area contributed by atoms with Crippen molar-refractivity contribution in [3.05, 3.63) is 47.7 Å². The predicted molar refractivity (Wildman–Crippen MR) is 161 cm³/mol. The molecule has 1 unspecified atom stereocenters. The average Bonchev–Trinajstić information content (AvgIpc) is 3.55. The number of phenols is 1. The number of aromatic nitrogens is 3. The average molecular weight is 640 g/mol. The number of nitrogens with zero attached hydrogens (tertiary/aromatic N) is 5. The molecule has 5 heterocycles. The Kier molecular flexibility index (Phi) is 7.40. The first-order valence-corrected chi connectivity index (χ1v) is 15.1. The molecule has 3 aliphatic rings. The van der Waals surface area contributed by atoms with Gasteiger partial charge in [0, 0.05) is 36.7 Å². The Labute approximate surface area is 260 Å². The molecule has 3 aliphatic heterocycles. The zero-order valence-electron chi connectivity index (χ0n) is 24.6. The number of piperidine rings is 1. The van der Waals surface area contributed by atoms with Gasteiger partial charge in [-0.25, -0.2) is 22.0 Å². The van der Waals surface area contributed by atoms with Crippen LogP contribution in [0.1, 0.15) is 37.7 Å². The SMILES string of the molecule is C#Cc1c(F)ccc2cc(O)cc(-c3ncc4c(N5CCCC(O)(C(F)F)C5)nc(OC[C@@]56CCCN5C[C@H](F)C6)nc4c3F)c12. The fourth-order valence-electron chi connectivity index (χ4n) is 7.34. The summed E-state index contributed by atoms with van der Waals surface area (Å²) in [5.41, 5.74) is -3.61. The van der Waals surface area contributed by atoms with Crippen molar-refractivity contribution in [1.82, 2.24) is 19.9 Å². The molecule has 8 nitrogen and oxygen atoms in total. The number of fused-ring (bicyclic) bond motifs is 3. The molecule has 3 fully saturated rings. The second kappa shape index (κ2) is 11.2. The number of rotatable bonds is 6. The summed E-state index contributed by atoms with van der Waals surface area (Å²) < 4.78 is 79.7. The maximum atomic E-state index is 16.7. The fourth-order valence-corrected chi connectivity index (χ4v) is 7.34. The van der Waals surface area contributed by atoms with Crippen molar-refractivity contribution >= 4 is 27.5 Å². The highest BCUT2D eigenvalue weighted by Gasteiger charge is 2.49. The van der Waals surface area contributed by atoms with Gasteiger partial charge < -0.3 is 19.8 Å². The first-order valence-electron chi connectivity index (χ1n) is 15.1. The molecule has 7 rings (SSSR count). The van der Waals surface area contributed by atoms with Gasteiger partial charge in [0.1, 0.15) is 47.0 Å². The maximum absolute atomic E-state index is 16.7. The molecule has 0 amide bonds. The number of β-amino-alcohol motifs (C(OH)–C–C–N with tert-alkyl or cyclic N) is 1.